The van der Waals surface area contributed by atoms with E-state index < -0.39 is 36.2 Å². The van der Waals surface area contributed by atoms with E-state index in [1.165, 1.54) is 10.9 Å². The Hall–Kier alpha value is -3.87. The van der Waals surface area contributed by atoms with Crippen molar-refractivity contribution < 1.29 is 19.1 Å². The fourth-order valence-corrected chi connectivity index (χ4v) is 3.41. The van der Waals surface area contributed by atoms with Crippen LogP contribution in [0.2, 0.25) is 0 Å². The van der Waals surface area contributed by atoms with E-state index in [0.29, 0.717) is 12.8 Å². The largest absolute Gasteiger partial charge is 0.445 e. The number of nitrogens with one attached hydrogen (secondary N) is 3. The molecule has 1 heterocycles. The summed E-state index contributed by atoms with van der Waals surface area (Å²) >= 11 is 0. The Bertz CT molecular complexity index is 985. The number of nitriles is 1. The minimum atomic E-state index is -1.01. The molecule has 3 atom stereocenters. The van der Waals surface area contributed by atoms with Crippen LogP contribution < -0.4 is 16.0 Å². The normalized spacial score (nSPS) is 13.4. The van der Waals surface area contributed by atoms with Crippen LogP contribution >= 0.6 is 0 Å². The molecule has 0 aliphatic heterocycles. The standard InChI is InChI=1S/C25H34N6O4/c1-17(2)13-20(24(33)30-22(15-26)31-12-8-11-27-31)28-23(32)21(14-18(3)4)29-25(34)35-16-19-9-6-5-7-10-19/h5-12,17-18,20-22H,13-14,16H2,1-4H3,(H,28,32)(H,29,34)(H,30,33). The van der Waals surface area contributed by atoms with Gasteiger partial charge in [0, 0.05) is 12.4 Å². The van der Waals surface area contributed by atoms with Gasteiger partial charge in [-0.3, -0.25) is 9.59 Å². The lowest BCUT2D eigenvalue weighted by Gasteiger charge is -2.25. The number of hydrogen-bond acceptors (Lipinski definition) is 6. The van der Waals surface area contributed by atoms with Gasteiger partial charge in [0.15, 0.2) is 0 Å². The van der Waals surface area contributed by atoms with Crippen LogP contribution in [0.1, 0.15) is 52.3 Å². The molecule has 1 aromatic heterocycles. The van der Waals surface area contributed by atoms with Crippen molar-refractivity contribution in [3.63, 3.8) is 0 Å². The third-order valence-electron chi connectivity index (χ3n) is 5.06. The van der Waals surface area contributed by atoms with Gasteiger partial charge in [0.2, 0.25) is 18.0 Å². The summed E-state index contributed by atoms with van der Waals surface area (Å²) in [7, 11) is 0. The Morgan fingerprint density at radius 2 is 1.54 bits per heavy atom. The second kappa shape index (κ2) is 13.7. The average molecular weight is 483 g/mol. The lowest BCUT2D eigenvalue weighted by atomic mass is 10.00. The van der Waals surface area contributed by atoms with Crippen LogP contribution in [0.4, 0.5) is 4.79 Å². The third kappa shape index (κ3) is 9.49. The molecule has 0 spiro atoms. The number of benzene rings is 1. The van der Waals surface area contributed by atoms with Gasteiger partial charge in [-0.15, -0.1) is 0 Å². The van der Waals surface area contributed by atoms with E-state index in [4.69, 9.17) is 4.74 Å². The summed E-state index contributed by atoms with van der Waals surface area (Å²) in [6.45, 7) is 7.78. The van der Waals surface area contributed by atoms with Gasteiger partial charge in [0.1, 0.15) is 24.8 Å². The predicted octanol–water partition coefficient (Wildman–Crippen LogP) is 2.89. The number of hydrogen-bond donors (Lipinski definition) is 3. The Labute approximate surface area is 206 Å². The highest BCUT2D eigenvalue weighted by Gasteiger charge is 2.29. The molecule has 0 bridgehead atoms. The summed E-state index contributed by atoms with van der Waals surface area (Å²) in [5.74, 6) is -0.822. The fraction of sp³-hybridized carbons (Fsp3) is 0.480. The first kappa shape index (κ1) is 27.4. The zero-order valence-electron chi connectivity index (χ0n) is 20.6. The highest BCUT2D eigenvalue weighted by atomic mass is 16.5. The van der Waals surface area contributed by atoms with Crippen LogP contribution in [-0.4, -0.2) is 39.8 Å². The topological polar surface area (TPSA) is 138 Å². The highest BCUT2D eigenvalue weighted by Crippen LogP contribution is 2.11. The maximum absolute atomic E-state index is 13.1. The number of carbonyl (C=O) groups excluding carboxylic acids is 3. The van der Waals surface area contributed by atoms with Crippen molar-refractivity contribution in [3.8, 4) is 6.07 Å². The van der Waals surface area contributed by atoms with Crippen LogP contribution in [0.15, 0.2) is 48.8 Å². The van der Waals surface area contributed by atoms with E-state index in [1.54, 1.807) is 12.3 Å². The zero-order valence-corrected chi connectivity index (χ0v) is 20.6. The van der Waals surface area contributed by atoms with Crippen LogP contribution in [0.25, 0.3) is 0 Å². The Kier molecular flexibility index (Phi) is 10.8. The van der Waals surface area contributed by atoms with E-state index >= 15 is 0 Å². The van der Waals surface area contributed by atoms with Crippen LogP contribution in [0, 0.1) is 23.2 Å². The van der Waals surface area contributed by atoms with Gasteiger partial charge in [-0.1, -0.05) is 58.0 Å². The molecule has 0 aliphatic carbocycles. The molecule has 0 radical (unpaired) electrons. The van der Waals surface area contributed by atoms with Crippen molar-refractivity contribution in [3.05, 3.63) is 54.4 Å². The first-order valence-corrected chi connectivity index (χ1v) is 11.7. The number of aromatic nitrogens is 2. The molecule has 10 heteroatoms. The monoisotopic (exact) mass is 482 g/mol. The third-order valence-corrected chi connectivity index (χ3v) is 5.06. The molecule has 35 heavy (non-hydrogen) atoms. The molecule has 3 amide bonds. The Balaban J connectivity index is 2.05. The van der Waals surface area contributed by atoms with Gasteiger partial charge < -0.3 is 20.7 Å². The summed E-state index contributed by atoms with van der Waals surface area (Å²) in [5.41, 5.74) is 0.824. The number of ether oxygens (including phenoxy) is 1. The summed E-state index contributed by atoms with van der Waals surface area (Å²) in [6, 6.07) is 11.0. The lowest BCUT2D eigenvalue weighted by Crippen LogP contribution is -2.55. The van der Waals surface area contributed by atoms with Gasteiger partial charge in [0.25, 0.3) is 0 Å². The summed E-state index contributed by atoms with van der Waals surface area (Å²) < 4.78 is 6.58. The van der Waals surface area contributed by atoms with E-state index in [-0.39, 0.29) is 18.4 Å². The molecular weight excluding hydrogens is 448 g/mol. The second-order valence-corrected chi connectivity index (χ2v) is 9.11. The number of amides is 3. The Morgan fingerprint density at radius 3 is 2.09 bits per heavy atom. The molecule has 3 N–H and O–H groups in total. The maximum Gasteiger partial charge on any atom is 0.408 e. The molecule has 0 saturated heterocycles. The summed E-state index contributed by atoms with van der Waals surface area (Å²) in [6.07, 6.45) is 2.04. The SMILES string of the molecule is CC(C)CC(NC(=O)OCc1ccccc1)C(=O)NC(CC(C)C)C(=O)NC(C#N)n1cccn1. The van der Waals surface area contributed by atoms with E-state index in [9.17, 15) is 19.6 Å². The van der Waals surface area contributed by atoms with Gasteiger partial charge in [-0.05, 0) is 36.3 Å². The molecule has 188 valence electrons. The number of carbonyl (C=O) groups is 3. The minimum absolute atomic E-state index is 0.0735. The first-order valence-electron chi connectivity index (χ1n) is 11.7. The summed E-state index contributed by atoms with van der Waals surface area (Å²) in [5, 5.41) is 21.4. The van der Waals surface area contributed by atoms with Gasteiger partial charge in [-0.25, -0.2) is 9.48 Å². The van der Waals surface area contributed by atoms with Crippen molar-refractivity contribution in [2.45, 2.75) is 65.4 Å². The zero-order chi connectivity index (χ0) is 25.8. The van der Waals surface area contributed by atoms with Crippen LogP contribution in [0.5, 0.6) is 0 Å². The van der Waals surface area contributed by atoms with E-state index in [0.717, 1.165) is 5.56 Å². The van der Waals surface area contributed by atoms with Crippen molar-refractivity contribution in [1.29, 1.82) is 5.26 Å². The quantitative estimate of drug-likeness (QED) is 0.425. The molecule has 2 aromatic rings. The lowest BCUT2D eigenvalue weighted by molar-refractivity contribution is -0.131. The van der Waals surface area contributed by atoms with Crippen LogP contribution in [0.3, 0.4) is 0 Å². The van der Waals surface area contributed by atoms with Crippen molar-refractivity contribution in [2.75, 3.05) is 0 Å². The smallest absolute Gasteiger partial charge is 0.408 e. The fourth-order valence-electron chi connectivity index (χ4n) is 3.41. The molecule has 2 rings (SSSR count). The minimum Gasteiger partial charge on any atom is -0.445 e. The summed E-state index contributed by atoms with van der Waals surface area (Å²) in [4.78, 5) is 38.5. The van der Waals surface area contributed by atoms with Gasteiger partial charge >= 0.3 is 6.09 Å². The van der Waals surface area contributed by atoms with Gasteiger partial charge in [-0.2, -0.15) is 10.4 Å². The van der Waals surface area contributed by atoms with Crippen molar-refractivity contribution in [2.24, 2.45) is 11.8 Å². The van der Waals surface area contributed by atoms with Crippen LogP contribution in [-0.2, 0) is 20.9 Å². The molecule has 0 fully saturated rings. The molecule has 0 saturated carbocycles. The van der Waals surface area contributed by atoms with E-state index in [1.807, 2.05) is 64.1 Å². The number of alkyl carbamates (subject to hydrolysis) is 1. The molecule has 3 unspecified atom stereocenters. The molecule has 0 aliphatic rings. The number of nitrogens with zero attached hydrogens (tertiary/aromatic N) is 3. The molecular formula is C25H34N6O4. The first-order chi connectivity index (χ1) is 16.7. The van der Waals surface area contributed by atoms with Crippen molar-refractivity contribution >= 4 is 17.9 Å². The maximum atomic E-state index is 13.1. The van der Waals surface area contributed by atoms with E-state index in [2.05, 4.69) is 21.0 Å². The molecule has 1 aromatic carbocycles. The Morgan fingerprint density at radius 1 is 0.943 bits per heavy atom. The van der Waals surface area contributed by atoms with Gasteiger partial charge in [0.05, 0.1) is 0 Å². The van der Waals surface area contributed by atoms with Crippen molar-refractivity contribution in [1.82, 2.24) is 25.7 Å². The average Bonchev–Trinajstić information content (AvgIpc) is 3.35. The number of rotatable bonds is 12. The second-order valence-electron chi connectivity index (χ2n) is 9.11. The molecule has 10 nitrogen and oxygen atoms in total. The highest BCUT2D eigenvalue weighted by molar-refractivity contribution is 5.91. The predicted molar refractivity (Wildman–Crippen MR) is 129 cm³/mol.